The van der Waals surface area contributed by atoms with Crippen molar-refractivity contribution in [1.29, 1.82) is 0 Å². The van der Waals surface area contributed by atoms with Crippen LogP contribution in [0.5, 0.6) is 0 Å². The Morgan fingerprint density at radius 3 is 2.14 bits per heavy atom. The number of hydroxylamine groups is 2. The van der Waals surface area contributed by atoms with Gasteiger partial charge >= 0.3 is 17.9 Å². The van der Waals surface area contributed by atoms with Crippen LogP contribution in [0, 0.1) is 5.92 Å². The van der Waals surface area contributed by atoms with Gasteiger partial charge in [0.15, 0.2) is 0 Å². The molecule has 2 atom stereocenters. The first-order valence-electron chi connectivity index (χ1n) is 14.0. The van der Waals surface area contributed by atoms with Crippen LogP contribution in [0.15, 0.2) is 48.5 Å². The lowest BCUT2D eigenvalue weighted by Crippen LogP contribution is -2.56. The zero-order chi connectivity index (χ0) is 30.8. The molecule has 1 aliphatic rings. The normalized spacial score (nSPS) is 19.0. The third kappa shape index (κ3) is 10.4. The maximum atomic E-state index is 13.1. The van der Waals surface area contributed by atoms with Crippen molar-refractivity contribution < 1.29 is 33.6 Å². The van der Waals surface area contributed by atoms with Gasteiger partial charge in [0, 0.05) is 44.9 Å². The molecule has 1 aromatic heterocycles. The van der Waals surface area contributed by atoms with E-state index in [9.17, 15) is 19.2 Å². The highest BCUT2D eigenvalue weighted by Crippen LogP contribution is 2.30. The number of nitrogens with one attached hydrogen (secondary N) is 3. The number of hydrazine groups is 3. The summed E-state index contributed by atoms with van der Waals surface area (Å²) in [5.74, 6) is -1.84. The highest BCUT2D eigenvalue weighted by molar-refractivity contribution is 7.21. The van der Waals surface area contributed by atoms with Crippen molar-refractivity contribution in [2.24, 2.45) is 5.92 Å². The van der Waals surface area contributed by atoms with E-state index in [-0.39, 0.29) is 31.3 Å². The Morgan fingerprint density at radius 2 is 1.51 bits per heavy atom. The number of thiazole rings is 1. The van der Waals surface area contributed by atoms with Crippen molar-refractivity contribution in [3.8, 4) is 10.6 Å². The fourth-order valence-corrected chi connectivity index (χ4v) is 5.64. The van der Waals surface area contributed by atoms with Crippen LogP contribution in [0.4, 0.5) is 5.69 Å². The monoisotopic (exact) mass is 612 g/mol. The molecule has 13 nitrogen and oxygen atoms in total. The minimum Gasteiger partial charge on any atom is -0.463 e. The van der Waals surface area contributed by atoms with Gasteiger partial charge in [0.25, 0.3) is 0 Å². The van der Waals surface area contributed by atoms with Gasteiger partial charge in [-0.05, 0) is 61.6 Å². The highest BCUT2D eigenvalue weighted by Gasteiger charge is 2.24. The zero-order valence-electron chi connectivity index (χ0n) is 24.3. The van der Waals surface area contributed by atoms with Crippen LogP contribution in [-0.2, 0) is 33.6 Å². The molecule has 1 amide bonds. The fourth-order valence-electron chi connectivity index (χ4n) is 4.66. The number of aromatic nitrogens is 1. The molecular formula is C29H36N6O7S. The van der Waals surface area contributed by atoms with Crippen molar-refractivity contribution >= 4 is 51.1 Å². The Labute approximate surface area is 253 Å². The number of hydrogen-bond acceptors (Lipinski definition) is 13. The summed E-state index contributed by atoms with van der Waals surface area (Å²) in [6.07, 6.45) is 1.61. The molecular weight excluding hydrogens is 576 g/mol. The Hall–Kier alpha value is -3.95. The molecule has 14 heteroatoms. The van der Waals surface area contributed by atoms with E-state index in [0.717, 1.165) is 26.0 Å². The van der Waals surface area contributed by atoms with E-state index in [4.69, 9.17) is 14.4 Å². The molecule has 43 heavy (non-hydrogen) atoms. The number of nitrogens with zero attached hydrogens (tertiary/aromatic N) is 3. The van der Waals surface area contributed by atoms with Crippen molar-refractivity contribution in [3.05, 3.63) is 48.5 Å². The Kier molecular flexibility index (Phi) is 11.5. The number of fused-ring (bicyclic) bond motifs is 1. The smallest absolute Gasteiger partial charge is 0.323 e. The van der Waals surface area contributed by atoms with E-state index >= 15 is 0 Å². The zero-order valence-corrected chi connectivity index (χ0v) is 25.1. The molecule has 4 rings (SSSR count). The molecule has 0 spiro atoms. The predicted octanol–water partition coefficient (Wildman–Crippen LogP) is 3.90. The van der Waals surface area contributed by atoms with Gasteiger partial charge in [-0.3, -0.25) is 19.2 Å². The summed E-state index contributed by atoms with van der Waals surface area (Å²) in [7, 11) is 0. The summed E-state index contributed by atoms with van der Waals surface area (Å²) in [5, 5.41) is 6.18. The Balaban J connectivity index is 1.41. The quantitative estimate of drug-likeness (QED) is 0.332. The molecule has 2 aromatic carbocycles. The van der Waals surface area contributed by atoms with Gasteiger partial charge < -0.3 is 19.7 Å². The van der Waals surface area contributed by atoms with Gasteiger partial charge in [-0.1, -0.05) is 22.5 Å². The number of benzene rings is 2. The maximum absolute atomic E-state index is 13.1. The van der Waals surface area contributed by atoms with Gasteiger partial charge in [-0.25, -0.2) is 4.98 Å². The third-order valence-corrected chi connectivity index (χ3v) is 7.67. The molecule has 0 radical (unpaired) electrons. The average molecular weight is 613 g/mol. The van der Waals surface area contributed by atoms with Crippen LogP contribution < -0.4 is 16.4 Å². The second-order valence-electron chi connectivity index (χ2n) is 10.2. The highest BCUT2D eigenvalue weighted by atomic mass is 32.1. The fraction of sp³-hybridized carbons (Fsp3) is 0.414. The van der Waals surface area contributed by atoms with Crippen LogP contribution in [0.3, 0.4) is 0 Å². The van der Waals surface area contributed by atoms with Gasteiger partial charge in [0.2, 0.25) is 5.91 Å². The standard InChI is InChI=1S/C29H36N6O7S/c1-19(36)40-25-13-8-22(14-16-34(41-20(2)37)32-33-35(17-15-25)42-21(3)38)18-28(39)30-24-11-9-23(10-12-24)29-31-26-6-4-5-7-27(26)43-29/h4-7,9-12,22,25,32-33H,8,13-18H2,1-3H3,(H,30,39). The molecule has 1 aliphatic heterocycles. The number of para-hydroxylation sites is 1. The van der Waals surface area contributed by atoms with E-state index in [1.807, 2.05) is 48.5 Å². The summed E-state index contributed by atoms with van der Waals surface area (Å²) in [4.78, 5) is 63.1. The predicted molar refractivity (Wildman–Crippen MR) is 159 cm³/mol. The van der Waals surface area contributed by atoms with E-state index in [1.54, 1.807) is 11.3 Å². The van der Waals surface area contributed by atoms with Crippen LogP contribution >= 0.6 is 11.3 Å². The van der Waals surface area contributed by atoms with E-state index < -0.39 is 24.0 Å². The van der Waals surface area contributed by atoms with Crippen LogP contribution in [0.1, 0.15) is 52.9 Å². The van der Waals surface area contributed by atoms with Crippen molar-refractivity contribution in [2.75, 3.05) is 18.4 Å². The molecule has 1 saturated heterocycles. The third-order valence-electron chi connectivity index (χ3n) is 6.58. The van der Waals surface area contributed by atoms with E-state index in [1.165, 1.54) is 25.9 Å². The number of hydrogen-bond donors (Lipinski definition) is 3. The van der Waals surface area contributed by atoms with E-state index in [0.29, 0.717) is 31.4 Å². The SMILES string of the molecule is CC(=O)OC1CCC(CC(=O)Nc2ccc(-c3nc4ccccc4s3)cc2)CCN(OC(C)=O)NNN(OC(C)=O)CC1. The van der Waals surface area contributed by atoms with Gasteiger partial charge in [-0.2, -0.15) is 0 Å². The topological polar surface area (TPSA) is 151 Å². The summed E-state index contributed by atoms with van der Waals surface area (Å²) in [6, 6.07) is 15.5. The number of esters is 1. The number of carbonyl (C=O) groups is 4. The van der Waals surface area contributed by atoms with Crippen LogP contribution in [-0.4, -0.2) is 58.3 Å². The number of rotatable bonds is 7. The summed E-state index contributed by atoms with van der Waals surface area (Å²) in [6.45, 7) is 4.23. The lowest BCUT2D eigenvalue weighted by molar-refractivity contribution is -0.255. The second kappa shape index (κ2) is 15.5. The molecule has 230 valence electrons. The first kappa shape index (κ1) is 32.0. The number of ether oxygens (including phenoxy) is 1. The van der Waals surface area contributed by atoms with Gasteiger partial charge in [0.1, 0.15) is 11.1 Å². The number of amides is 1. The largest absolute Gasteiger partial charge is 0.463 e. The molecule has 2 heterocycles. The lowest BCUT2D eigenvalue weighted by Gasteiger charge is -2.30. The average Bonchev–Trinajstić information content (AvgIpc) is 3.38. The molecule has 0 bridgehead atoms. The minimum atomic E-state index is -0.568. The number of anilines is 1. The van der Waals surface area contributed by atoms with Crippen molar-refractivity contribution in [1.82, 2.24) is 26.4 Å². The molecule has 2 unspecified atom stereocenters. The first-order chi connectivity index (χ1) is 20.6. The Morgan fingerprint density at radius 1 is 0.860 bits per heavy atom. The molecule has 3 aromatic rings. The van der Waals surface area contributed by atoms with Crippen molar-refractivity contribution in [3.63, 3.8) is 0 Å². The number of carbonyl (C=O) groups excluding carboxylic acids is 4. The van der Waals surface area contributed by atoms with Crippen molar-refractivity contribution in [2.45, 2.75) is 59.0 Å². The second-order valence-corrected chi connectivity index (χ2v) is 11.2. The van der Waals surface area contributed by atoms with Gasteiger partial charge in [0.05, 0.1) is 23.3 Å². The molecule has 0 saturated carbocycles. The first-order valence-corrected chi connectivity index (χ1v) is 14.8. The van der Waals surface area contributed by atoms with E-state index in [2.05, 4.69) is 21.4 Å². The molecule has 0 aliphatic carbocycles. The maximum Gasteiger partial charge on any atom is 0.323 e. The Bertz CT molecular complexity index is 1350. The van der Waals surface area contributed by atoms with Gasteiger partial charge in [-0.15, -0.1) is 22.4 Å². The van der Waals surface area contributed by atoms with Crippen LogP contribution in [0.25, 0.3) is 20.8 Å². The summed E-state index contributed by atoms with van der Waals surface area (Å²) in [5.41, 5.74) is 7.96. The minimum absolute atomic E-state index is 0.121. The lowest BCUT2D eigenvalue weighted by atomic mass is 9.93. The summed E-state index contributed by atoms with van der Waals surface area (Å²) >= 11 is 1.61. The molecule has 1 fully saturated rings. The summed E-state index contributed by atoms with van der Waals surface area (Å²) < 4.78 is 6.61. The molecule has 3 N–H and O–H groups in total. The van der Waals surface area contributed by atoms with Crippen LogP contribution in [0.2, 0.25) is 0 Å².